The molecule has 134 valence electrons. The molecule has 0 amide bonds. The van der Waals surface area contributed by atoms with Crippen molar-refractivity contribution in [3.63, 3.8) is 0 Å². The monoisotopic (exact) mass is 395 g/mol. The number of piperazine rings is 1. The third-order valence-electron chi connectivity index (χ3n) is 4.23. The molecule has 0 bridgehead atoms. The number of hydrogen-bond acceptors (Lipinski definition) is 4. The van der Waals surface area contributed by atoms with Gasteiger partial charge in [-0.1, -0.05) is 25.1 Å². The van der Waals surface area contributed by atoms with E-state index in [4.69, 9.17) is 12.2 Å². The summed E-state index contributed by atoms with van der Waals surface area (Å²) in [6, 6.07) is 11.6. The Labute approximate surface area is 158 Å². The predicted octanol–water partition coefficient (Wildman–Crippen LogP) is 3.01. The average molecular weight is 396 g/mol. The third-order valence-corrected chi connectivity index (χ3v) is 7.86. The molecule has 1 aromatic carbocycles. The van der Waals surface area contributed by atoms with Crippen molar-refractivity contribution in [2.24, 2.45) is 0 Å². The molecule has 3 rings (SSSR count). The highest BCUT2D eigenvalue weighted by Gasteiger charge is 2.29. The van der Waals surface area contributed by atoms with Gasteiger partial charge in [-0.15, -0.1) is 11.3 Å². The van der Waals surface area contributed by atoms with Crippen molar-refractivity contribution in [3.8, 4) is 0 Å². The van der Waals surface area contributed by atoms with Crippen LogP contribution in [0.4, 0.5) is 5.69 Å². The number of aryl methyl sites for hydroxylation is 1. The Morgan fingerprint density at radius 3 is 2.40 bits per heavy atom. The SMILES string of the molecule is CCc1ccc(NC(=S)N2CCN(S(=O)(=O)c3cccs3)CC2)cc1. The van der Waals surface area contributed by atoms with E-state index in [-0.39, 0.29) is 0 Å². The number of sulfonamides is 1. The van der Waals surface area contributed by atoms with Crippen LogP contribution in [0.1, 0.15) is 12.5 Å². The standard InChI is InChI=1S/C17H21N3O2S3/c1-2-14-5-7-15(8-6-14)18-17(23)19-9-11-20(12-10-19)25(21,22)16-4-3-13-24-16/h3-8,13H,2,9-12H2,1H3,(H,18,23). The van der Waals surface area contributed by atoms with Gasteiger partial charge in [-0.25, -0.2) is 8.42 Å². The van der Waals surface area contributed by atoms with Crippen LogP contribution in [-0.4, -0.2) is 48.9 Å². The minimum atomic E-state index is -3.37. The van der Waals surface area contributed by atoms with Crippen molar-refractivity contribution in [2.45, 2.75) is 17.6 Å². The van der Waals surface area contributed by atoms with E-state index in [1.54, 1.807) is 17.5 Å². The molecule has 8 heteroatoms. The second-order valence-electron chi connectivity index (χ2n) is 5.80. The minimum Gasteiger partial charge on any atom is -0.346 e. The minimum absolute atomic E-state index is 0.401. The summed E-state index contributed by atoms with van der Waals surface area (Å²) in [5.41, 5.74) is 2.24. The van der Waals surface area contributed by atoms with Gasteiger partial charge in [-0.2, -0.15) is 4.31 Å². The van der Waals surface area contributed by atoms with Gasteiger partial charge in [0.2, 0.25) is 0 Å². The summed E-state index contributed by atoms with van der Waals surface area (Å²) in [6.07, 6.45) is 1.01. The molecule has 0 aliphatic carbocycles. The maximum Gasteiger partial charge on any atom is 0.252 e. The first-order chi connectivity index (χ1) is 12.0. The summed E-state index contributed by atoms with van der Waals surface area (Å²) in [6.45, 7) is 4.18. The van der Waals surface area contributed by atoms with Crippen LogP contribution in [0.3, 0.4) is 0 Å². The van der Waals surface area contributed by atoms with E-state index in [9.17, 15) is 8.42 Å². The van der Waals surface area contributed by atoms with E-state index in [0.29, 0.717) is 35.5 Å². The maximum absolute atomic E-state index is 12.5. The van der Waals surface area contributed by atoms with Crippen molar-refractivity contribution >= 4 is 44.4 Å². The first-order valence-electron chi connectivity index (χ1n) is 8.19. The van der Waals surface area contributed by atoms with E-state index < -0.39 is 10.0 Å². The lowest BCUT2D eigenvalue weighted by atomic mass is 10.1. The molecule has 1 N–H and O–H groups in total. The van der Waals surface area contributed by atoms with Gasteiger partial charge < -0.3 is 10.2 Å². The fourth-order valence-electron chi connectivity index (χ4n) is 2.70. The molecule has 0 radical (unpaired) electrons. The molecular weight excluding hydrogens is 374 g/mol. The van der Waals surface area contributed by atoms with Crippen molar-refractivity contribution in [3.05, 3.63) is 47.3 Å². The Balaban J connectivity index is 1.57. The number of hydrogen-bond donors (Lipinski definition) is 1. The number of thiocarbonyl (C=S) groups is 1. The van der Waals surface area contributed by atoms with Gasteiger partial charge in [-0.05, 0) is 47.8 Å². The molecule has 1 aromatic heterocycles. The van der Waals surface area contributed by atoms with E-state index in [2.05, 4.69) is 24.4 Å². The van der Waals surface area contributed by atoms with E-state index in [1.165, 1.54) is 21.2 Å². The van der Waals surface area contributed by atoms with Gasteiger partial charge in [-0.3, -0.25) is 0 Å². The van der Waals surface area contributed by atoms with Crippen LogP contribution in [0.15, 0.2) is 46.0 Å². The second kappa shape index (κ2) is 7.82. The lowest BCUT2D eigenvalue weighted by molar-refractivity contribution is 0.269. The van der Waals surface area contributed by atoms with Crippen LogP contribution >= 0.6 is 23.6 Å². The zero-order valence-corrected chi connectivity index (χ0v) is 16.5. The van der Waals surface area contributed by atoms with Crippen molar-refractivity contribution in [2.75, 3.05) is 31.5 Å². The van der Waals surface area contributed by atoms with Gasteiger partial charge in [0, 0.05) is 31.9 Å². The van der Waals surface area contributed by atoms with Gasteiger partial charge in [0.05, 0.1) is 0 Å². The molecule has 2 aromatic rings. The highest BCUT2D eigenvalue weighted by Crippen LogP contribution is 2.22. The van der Waals surface area contributed by atoms with Crippen molar-refractivity contribution in [1.29, 1.82) is 0 Å². The Hall–Kier alpha value is -1.48. The van der Waals surface area contributed by atoms with Gasteiger partial charge in [0.15, 0.2) is 5.11 Å². The van der Waals surface area contributed by atoms with E-state index in [1.807, 2.05) is 17.0 Å². The molecule has 1 aliphatic heterocycles. The Bertz CT molecular complexity index is 809. The molecule has 0 atom stereocenters. The number of anilines is 1. The lowest BCUT2D eigenvalue weighted by Gasteiger charge is -2.35. The lowest BCUT2D eigenvalue weighted by Crippen LogP contribution is -2.51. The molecule has 1 fully saturated rings. The largest absolute Gasteiger partial charge is 0.346 e. The fourth-order valence-corrected chi connectivity index (χ4v) is 5.56. The average Bonchev–Trinajstić information content (AvgIpc) is 3.18. The summed E-state index contributed by atoms with van der Waals surface area (Å²) in [4.78, 5) is 2.02. The van der Waals surface area contributed by atoms with Crippen LogP contribution in [-0.2, 0) is 16.4 Å². The summed E-state index contributed by atoms with van der Waals surface area (Å²) < 4.78 is 27.0. The third kappa shape index (κ3) is 4.20. The zero-order chi connectivity index (χ0) is 17.9. The quantitative estimate of drug-likeness (QED) is 0.807. The first kappa shape index (κ1) is 18.3. The van der Waals surface area contributed by atoms with Crippen LogP contribution < -0.4 is 5.32 Å². The summed E-state index contributed by atoms with van der Waals surface area (Å²) >= 11 is 6.73. The Morgan fingerprint density at radius 1 is 1.16 bits per heavy atom. The Morgan fingerprint density at radius 2 is 1.84 bits per heavy atom. The van der Waals surface area contributed by atoms with E-state index >= 15 is 0 Å². The van der Waals surface area contributed by atoms with Gasteiger partial charge in [0.25, 0.3) is 10.0 Å². The highest BCUT2D eigenvalue weighted by molar-refractivity contribution is 7.91. The smallest absolute Gasteiger partial charge is 0.252 e. The topological polar surface area (TPSA) is 52.6 Å². The molecule has 0 spiro atoms. The summed E-state index contributed by atoms with van der Waals surface area (Å²) in [7, 11) is -3.37. The zero-order valence-electron chi connectivity index (χ0n) is 14.0. The molecular formula is C17H21N3O2S3. The summed E-state index contributed by atoms with van der Waals surface area (Å²) in [5.74, 6) is 0. The number of nitrogens with zero attached hydrogens (tertiary/aromatic N) is 2. The molecule has 25 heavy (non-hydrogen) atoms. The van der Waals surface area contributed by atoms with Crippen molar-refractivity contribution < 1.29 is 8.42 Å². The van der Waals surface area contributed by atoms with E-state index in [0.717, 1.165) is 12.1 Å². The number of benzene rings is 1. The Kier molecular flexibility index (Phi) is 5.73. The predicted molar refractivity (Wildman–Crippen MR) is 107 cm³/mol. The summed E-state index contributed by atoms with van der Waals surface area (Å²) in [5, 5.41) is 5.66. The van der Waals surface area contributed by atoms with Crippen LogP contribution in [0.25, 0.3) is 0 Å². The number of nitrogens with one attached hydrogen (secondary N) is 1. The van der Waals surface area contributed by atoms with Crippen molar-refractivity contribution in [1.82, 2.24) is 9.21 Å². The molecule has 5 nitrogen and oxygen atoms in total. The van der Waals surface area contributed by atoms with Crippen LogP contribution in [0.2, 0.25) is 0 Å². The van der Waals surface area contributed by atoms with Gasteiger partial charge in [0.1, 0.15) is 4.21 Å². The number of thiophene rings is 1. The molecule has 1 aliphatic rings. The molecule has 0 unspecified atom stereocenters. The van der Waals surface area contributed by atoms with Crippen LogP contribution in [0, 0.1) is 0 Å². The molecule has 2 heterocycles. The second-order valence-corrected chi connectivity index (χ2v) is 9.30. The first-order valence-corrected chi connectivity index (χ1v) is 10.9. The molecule has 1 saturated heterocycles. The normalized spacial score (nSPS) is 16.0. The van der Waals surface area contributed by atoms with Crippen LogP contribution in [0.5, 0.6) is 0 Å². The molecule has 0 saturated carbocycles. The maximum atomic E-state index is 12.5. The highest BCUT2D eigenvalue weighted by atomic mass is 32.2. The van der Waals surface area contributed by atoms with Gasteiger partial charge >= 0.3 is 0 Å². The number of rotatable bonds is 4. The fraction of sp³-hybridized carbons (Fsp3) is 0.353.